The number of benzene rings is 1. The second-order valence-corrected chi connectivity index (χ2v) is 7.53. The highest BCUT2D eigenvalue weighted by Gasteiger charge is 2.19. The van der Waals surface area contributed by atoms with Gasteiger partial charge in [-0.3, -0.25) is 14.5 Å². The van der Waals surface area contributed by atoms with Crippen molar-refractivity contribution >= 4 is 11.8 Å². The molecule has 1 fully saturated rings. The maximum absolute atomic E-state index is 4.52. The summed E-state index contributed by atoms with van der Waals surface area (Å²) in [6.45, 7) is 3.18. The van der Waals surface area contributed by atoms with Crippen LogP contribution in [0, 0.1) is 0 Å². The Balaban J connectivity index is 1.52. The molecule has 1 aromatic carbocycles. The molecule has 0 amide bonds. The molecule has 0 saturated carbocycles. The highest BCUT2D eigenvalue weighted by atomic mass is 32.2. The average molecular weight is 366 g/mol. The van der Waals surface area contributed by atoms with Gasteiger partial charge in [-0.1, -0.05) is 36.0 Å². The van der Waals surface area contributed by atoms with Crippen molar-refractivity contribution in [2.75, 3.05) is 18.8 Å². The lowest BCUT2D eigenvalue weighted by Crippen LogP contribution is -2.21. The predicted molar refractivity (Wildman–Crippen MR) is 105 cm³/mol. The molecule has 1 saturated heterocycles. The minimum absolute atomic E-state index is 0.864. The predicted octanol–water partition coefficient (Wildman–Crippen LogP) is 3.59. The minimum Gasteiger partial charge on any atom is -0.296 e. The fourth-order valence-corrected chi connectivity index (χ4v) is 4.20. The fraction of sp³-hybridized carbons (Fsp3) is 0.350. The van der Waals surface area contributed by atoms with Crippen LogP contribution in [0.2, 0.25) is 0 Å². The van der Waals surface area contributed by atoms with E-state index in [2.05, 4.69) is 55.0 Å². The Bertz CT molecular complexity index is 813. The standard InChI is InChI=1S/C20H23N5S/c1-2-9-18(10-3-1)25-19(16-24-13-6-7-14-24)22-23-20(25)26-15-11-17-8-4-5-12-21-17/h1-5,8-10,12H,6-7,11,13-16H2. The summed E-state index contributed by atoms with van der Waals surface area (Å²) in [4.78, 5) is 6.87. The van der Waals surface area contributed by atoms with Crippen molar-refractivity contribution in [2.24, 2.45) is 0 Å². The molecule has 5 nitrogen and oxygen atoms in total. The molecule has 0 atom stereocenters. The topological polar surface area (TPSA) is 46.8 Å². The van der Waals surface area contributed by atoms with Gasteiger partial charge in [0.25, 0.3) is 0 Å². The molecule has 2 aromatic heterocycles. The summed E-state index contributed by atoms with van der Waals surface area (Å²) < 4.78 is 2.21. The van der Waals surface area contributed by atoms with Gasteiger partial charge in [0.1, 0.15) is 0 Å². The van der Waals surface area contributed by atoms with Crippen LogP contribution < -0.4 is 0 Å². The highest BCUT2D eigenvalue weighted by Crippen LogP contribution is 2.24. The van der Waals surface area contributed by atoms with Gasteiger partial charge >= 0.3 is 0 Å². The Morgan fingerprint density at radius 2 is 1.73 bits per heavy atom. The molecule has 3 aromatic rings. The second-order valence-electron chi connectivity index (χ2n) is 6.47. The van der Waals surface area contributed by atoms with Crippen molar-refractivity contribution in [3.8, 4) is 5.69 Å². The van der Waals surface area contributed by atoms with E-state index in [0.29, 0.717) is 0 Å². The van der Waals surface area contributed by atoms with E-state index < -0.39 is 0 Å². The molecule has 0 aliphatic carbocycles. The van der Waals surface area contributed by atoms with E-state index in [-0.39, 0.29) is 0 Å². The van der Waals surface area contributed by atoms with Crippen LogP contribution in [0.25, 0.3) is 5.69 Å². The summed E-state index contributed by atoms with van der Waals surface area (Å²) in [5.74, 6) is 1.96. The molecule has 1 aliphatic heterocycles. The number of aryl methyl sites for hydroxylation is 1. The van der Waals surface area contributed by atoms with Crippen LogP contribution >= 0.6 is 11.8 Å². The summed E-state index contributed by atoms with van der Waals surface area (Å²) in [5, 5.41) is 9.97. The number of aromatic nitrogens is 4. The largest absolute Gasteiger partial charge is 0.296 e. The molecule has 0 unspecified atom stereocenters. The van der Waals surface area contributed by atoms with Gasteiger partial charge in [-0.05, 0) is 56.6 Å². The van der Waals surface area contributed by atoms with Crippen LogP contribution in [-0.4, -0.2) is 43.5 Å². The Kier molecular flexibility index (Phi) is 5.62. The van der Waals surface area contributed by atoms with Gasteiger partial charge in [0.2, 0.25) is 0 Å². The maximum atomic E-state index is 4.52. The zero-order valence-corrected chi connectivity index (χ0v) is 15.6. The van der Waals surface area contributed by atoms with Crippen molar-refractivity contribution in [3.05, 3.63) is 66.2 Å². The summed E-state index contributed by atoms with van der Waals surface area (Å²) in [6.07, 6.45) is 5.34. The summed E-state index contributed by atoms with van der Waals surface area (Å²) in [7, 11) is 0. The number of nitrogens with zero attached hydrogens (tertiary/aromatic N) is 5. The van der Waals surface area contributed by atoms with Crippen molar-refractivity contribution in [1.29, 1.82) is 0 Å². The molecule has 3 heterocycles. The van der Waals surface area contributed by atoms with Gasteiger partial charge in [0.15, 0.2) is 11.0 Å². The van der Waals surface area contributed by atoms with E-state index in [4.69, 9.17) is 0 Å². The summed E-state index contributed by atoms with van der Waals surface area (Å²) in [5.41, 5.74) is 2.25. The number of rotatable bonds is 7. The Morgan fingerprint density at radius 1 is 0.923 bits per heavy atom. The summed E-state index contributed by atoms with van der Waals surface area (Å²) >= 11 is 1.75. The SMILES string of the molecule is c1ccc(-n2c(CN3CCCC3)nnc2SCCc2ccccn2)cc1. The van der Waals surface area contributed by atoms with Gasteiger partial charge in [0, 0.05) is 23.3 Å². The third kappa shape index (κ3) is 4.14. The zero-order chi connectivity index (χ0) is 17.6. The number of thioether (sulfide) groups is 1. The van der Waals surface area contributed by atoms with Crippen molar-refractivity contribution in [2.45, 2.75) is 31.0 Å². The second kappa shape index (κ2) is 8.47. The summed E-state index contributed by atoms with van der Waals surface area (Å²) in [6, 6.07) is 16.5. The number of pyridine rings is 1. The molecule has 0 radical (unpaired) electrons. The molecule has 134 valence electrons. The lowest BCUT2D eigenvalue weighted by Gasteiger charge is -2.15. The molecular formula is C20H23N5S. The Morgan fingerprint density at radius 3 is 2.50 bits per heavy atom. The number of hydrogen-bond acceptors (Lipinski definition) is 5. The van der Waals surface area contributed by atoms with Gasteiger partial charge in [-0.15, -0.1) is 10.2 Å². The first-order valence-electron chi connectivity index (χ1n) is 9.15. The van der Waals surface area contributed by atoms with E-state index in [1.807, 2.05) is 24.4 Å². The molecular weight excluding hydrogens is 342 g/mol. The first kappa shape index (κ1) is 17.2. The molecule has 0 spiro atoms. The van der Waals surface area contributed by atoms with Crippen LogP contribution in [0.3, 0.4) is 0 Å². The first-order valence-corrected chi connectivity index (χ1v) is 10.1. The number of hydrogen-bond donors (Lipinski definition) is 0. The van der Waals surface area contributed by atoms with E-state index in [0.717, 1.165) is 54.2 Å². The Hall–Kier alpha value is -2.18. The van der Waals surface area contributed by atoms with Crippen LogP contribution in [0.4, 0.5) is 0 Å². The maximum Gasteiger partial charge on any atom is 0.195 e. The minimum atomic E-state index is 0.864. The molecule has 6 heteroatoms. The van der Waals surface area contributed by atoms with Gasteiger partial charge in [-0.25, -0.2) is 0 Å². The third-order valence-electron chi connectivity index (χ3n) is 4.59. The van der Waals surface area contributed by atoms with Crippen LogP contribution in [0.15, 0.2) is 59.9 Å². The molecule has 0 N–H and O–H groups in total. The van der Waals surface area contributed by atoms with Gasteiger partial charge in [0.05, 0.1) is 6.54 Å². The van der Waals surface area contributed by atoms with E-state index >= 15 is 0 Å². The monoisotopic (exact) mass is 365 g/mol. The molecule has 0 bridgehead atoms. The normalized spacial score (nSPS) is 14.8. The quantitative estimate of drug-likeness (QED) is 0.599. The van der Waals surface area contributed by atoms with Crippen LogP contribution in [0.1, 0.15) is 24.4 Å². The molecule has 1 aliphatic rings. The van der Waals surface area contributed by atoms with E-state index in [1.54, 1.807) is 11.8 Å². The molecule has 26 heavy (non-hydrogen) atoms. The zero-order valence-electron chi connectivity index (χ0n) is 14.8. The smallest absolute Gasteiger partial charge is 0.195 e. The van der Waals surface area contributed by atoms with Gasteiger partial charge < -0.3 is 0 Å². The first-order chi connectivity index (χ1) is 12.9. The van der Waals surface area contributed by atoms with Crippen LogP contribution in [0.5, 0.6) is 0 Å². The lowest BCUT2D eigenvalue weighted by molar-refractivity contribution is 0.319. The van der Waals surface area contributed by atoms with Crippen molar-refractivity contribution in [3.63, 3.8) is 0 Å². The van der Waals surface area contributed by atoms with Crippen LogP contribution in [-0.2, 0) is 13.0 Å². The van der Waals surface area contributed by atoms with E-state index in [1.165, 1.54) is 12.8 Å². The lowest BCUT2D eigenvalue weighted by atomic mass is 10.3. The van der Waals surface area contributed by atoms with Crippen molar-refractivity contribution in [1.82, 2.24) is 24.6 Å². The highest BCUT2D eigenvalue weighted by molar-refractivity contribution is 7.99. The molecule has 4 rings (SSSR count). The van der Waals surface area contributed by atoms with Crippen molar-refractivity contribution < 1.29 is 0 Å². The average Bonchev–Trinajstić information content (AvgIpc) is 3.34. The Labute approximate surface area is 158 Å². The third-order valence-corrected chi connectivity index (χ3v) is 5.52. The number of likely N-dealkylation sites (tertiary alicyclic amines) is 1. The van der Waals surface area contributed by atoms with Gasteiger partial charge in [-0.2, -0.15) is 0 Å². The van der Waals surface area contributed by atoms with E-state index in [9.17, 15) is 0 Å². The fourth-order valence-electron chi connectivity index (χ4n) is 3.27. The number of para-hydroxylation sites is 1.